The fourth-order valence-corrected chi connectivity index (χ4v) is 2.67. The van der Waals surface area contributed by atoms with Crippen molar-refractivity contribution in [1.82, 2.24) is 0 Å². The lowest BCUT2D eigenvalue weighted by Gasteiger charge is -2.16. The van der Waals surface area contributed by atoms with E-state index in [1.165, 1.54) is 0 Å². The third kappa shape index (κ3) is 1.56. The quantitative estimate of drug-likeness (QED) is 0.844. The van der Waals surface area contributed by atoms with Crippen molar-refractivity contribution in [1.29, 1.82) is 0 Å². The van der Waals surface area contributed by atoms with Gasteiger partial charge in [-0.1, -0.05) is 37.1 Å². The lowest BCUT2D eigenvalue weighted by Crippen LogP contribution is -2.23. The van der Waals surface area contributed by atoms with Gasteiger partial charge in [-0.05, 0) is 24.0 Å². The van der Waals surface area contributed by atoms with Crippen LogP contribution < -0.4 is 5.73 Å². The highest BCUT2D eigenvalue weighted by Gasteiger charge is 2.54. The Kier molecular flexibility index (Phi) is 2.73. The predicted octanol–water partition coefficient (Wildman–Crippen LogP) is 3.11. The average Bonchev–Trinajstić information content (AvgIpc) is 2.97. The van der Waals surface area contributed by atoms with E-state index in [0.717, 1.165) is 12.8 Å². The van der Waals surface area contributed by atoms with Crippen LogP contribution in [0.3, 0.4) is 0 Å². The van der Waals surface area contributed by atoms with Gasteiger partial charge in [0.1, 0.15) is 5.82 Å². The second kappa shape index (κ2) is 3.76. The van der Waals surface area contributed by atoms with Crippen molar-refractivity contribution in [2.24, 2.45) is 11.7 Å². The molecule has 0 aliphatic heterocycles. The molecule has 1 nitrogen and oxygen atoms in total. The highest BCUT2D eigenvalue weighted by Crippen LogP contribution is 2.56. The zero-order chi connectivity index (χ0) is 11.1. The van der Waals surface area contributed by atoms with Crippen molar-refractivity contribution in [3.8, 4) is 0 Å². The van der Waals surface area contributed by atoms with Gasteiger partial charge in [0.05, 0.1) is 5.02 Å². The van der Waals surface area contributed by atoms with Crippen molar-refractivity contribution in [2.45, 2.75) is 25.2 Å². The number of hydrogen-bond acceptors (Lipinski definition) is 1. The maximum Gasteiger partial charge on any atom is 0.145 e. The maximum atomic E-state index is 13.8. The zero-order valence-corrected chi connectivity index (χ0v) is 9.52. The van der Waals surface area contributed by atoms with Gasteiger partial charge in [0, 0.05) is 12.0 Å². The minimum Gasteiger partial charge on any atom is -0.330 e. The van der Waals surface area contributed by atoms with Gasteiger partial charge in [-0.15, -0.1) is 0 Å². The second-order valence-corrected chi connectivity index (χ2v) is 4.68. The first kappa shape index (κ1) is 10.9. The summed E-state index contributed by atoms with van der Waals surface area (Å²) >= 11 is 5.78. The number of nitrogens with two attached hydrogens (primary N) is 1. The van der Waals surface area contributed by atoms with Crippen LogP contribution in [-0.4, -0.2) is 6.54 Å². The van der Waals surface area contributed by atoms with Crippen molar-refractivity contribution >= 4 is 11.6 Å². The van der Waals surface area contributed by atoms with E-state index in [-0.39, 0.29) is 16.3 Å². The van der Waals surface area contributed by atoms with Gasteiger partial charge in [-0.2, -0.15) is 0 Å². The third-order valence-corrected chi connectivity index (χ3v) is 3.87. The van der Waals surface area contributed by atoms with Gasteiger partial charge >= 0.3 is 0 Å². The van der Waals surface area contributed by atoms with Crippen LogP contribution in [0.2, 0.25) is 5.02 Å². The summed E-state index contributed by atoms with van der Waals surface area (Å²) in [5, 5.41) is 0.196. The van der Waals surface area contributed by atoms with Crippen LogP contribution in [-0.2, 0) is 5.41 Å². The molecular formula is C12H15ClFN. The molecular weight excluding hydrogens is 213 g/mol. The topological polar surface area (TPSA) is 26.0 Å². The molecule has 1 aliphatic rings. The Balaban J connectivity index is 2.41. The van der Waals surface area contributed by atoms with E-state index in [4.69, 9.17) is 17.3 Å². The van der Waals surface area contributed by atoms with Crippen LogP contribution in [0.15, 0.2) is 18.2 Å². The molecule has 0 saturated heterocycles. The number of rotatable bonds is 3. The first-order valence-electron chi connectivity index (χ1n) is 5.30. The molecule has 15 heavy (non-hydrogen) atoms. The Bertz CT molecular complexity index is 380. The molecule has 1 aromatic carbocycles. The summed E-state index contributed by atoms with van der Waals surface area (Å²) in [4.78, 5) is 0. The van der Waals surface area contributed by atoms with E-state index in [9.17, 15) is 4.39 Å². The van der Waals surface area contributed by atoms with Crippen LogP contribution in [0.4, 0.5) is 4.39 Å². The molecule has 2 N–H and O–H groups in total. The number of halogens is 2. The van der Waals surface area contributed by atoms with E-state index >= 15 is 0 Å². The molecule has 1 aliphatic carbocycles. The maximum absolute atomic E-state index is 13.8. The Labute approximate surface area is 94.4 Å². The predicted molar refractivity (Wildman–Crippen MR) is 60.5 cm³/mol. The molecule has 0 amide bonds. The van der Waals surface area contributed by atoms with E-state index in [2.05, 4.69) is 6.92 Å². The van der Waals surface area contributed by atoms with Crippen LogP contribution in [0.5, 0.6) is 0 Å². The summed E-state index contributed by atoms with van der Waals surface area (Å²) in [5.41, 5.74) is 6.33. The molecule has 0 radical (unpaired) electrons. The highest BCUT2D eigenvalue weighted by molar-refractivity contribution is 6.30. The molecule has 1 saturated carbocycles. The average molecular weight is 228 g/mol. The normalized spacial score (nSPS) is 29.2. The Morgan fingerprint density at radius 2 is 2.33 bits per heavy atom. The molecule has 2 atom stereocenters. The molecule has 0 spiro atoms. The fraction of sp³-hybridized carbons (Fsp3) is 0.500. The summed E-state index contributed by atoms with van der Waals surface area (Å²) in [5.74, 6) is 0.219. The molecule has 0 bridgehead atoms. The van der Waals surface area contributed by atoms with Crippen molar-refractivity contribution in [3.05, 3.63) is 34.6 Å². The van der Waals surface area contributed by atoms with Gasteiger partial charge < -0.3 is 5.73 Å². The molecule has 0 heterocycles. The Hall–Kier alpha value is -0.600. The largest absolute Gasteiger partial charge is 0.330 e. The number of hydrogen-bond donors (Lipinski definition) is 1. The van der Waals surface area contributed by atoms with E-state index in [0.29, 0.717) is 18.0 Å². The van der Waals surface area contributed by atoms with Gasteiger partial charge in [-0.25, -0.2) is 4.39 Å². The van der Waals surface area contributed by atoms with Crippen LogP contribution in [0.1, 0.15) is 25.3 Å². The Morgan fingerprint density at radius 3 is 2.87 bits per heavy atom. The lowest BCUT2D eigenvalue weighted by atomic mass is 9.92. The summed E-state index contributed by atoms with van der Waals surface area (Å²) in [6.45, 7) is 2.62. The van der Waals surface area contributed by atoms with Crippen molar-refractivity contribution in [2.75, 3.05) is 6.54 Å². The van der Waals surface area contributed by atoms with Crippen LogP contribution >= 0.6 is 11.6 Å². The van der Waals surface area contributed by atoms with Gasteiger partial charge in [0.2, 0.25) is 0 Å². The summed E-state index contributed by atoms with van der Waals surface area (Å²) in [7, 11) is 0. The van der Waals surface area contributed by atoms with E-state index in [1.54, 1.807) is 12.1 Å². The zero-order valence-electron chi connectivity index (χ0n) is 8.76. The van der Waals surface area contributed by atoms with E-state index in [1.807, 2.05) is 6.07 Å². The molecule has 1 aromatic rings. The van der Waals surface area contributed by atoms with Gasteiger partial charge in [0.15, 0.2) is 0 Å². The molecule has 2 unspecified atom stereocenters. The minimum absolute atomic E-state index is 0.149. The smallest absolute Gasteiger partial charge is 0.145 e. The summed E-state index contributed by atoms with van der Waals surface area (Å²) in [6, 6.07) is 5.18. The van der Waals surface area contributed by atoms with Crippen molar-refractivity contribution < 1.29 is 4.39 Å². The molecule has 82 valence electrons. The minimum atomic E-state index is -0.291. The molecule has 1 fully saturated rings. The second-order valence-electron chi connectivity index (χ2n) is 4.27. The fourth-order valence-electron chi connectivity index (χ4n) is 2.49. The summed E-state index contributed by atoms with van der Waals surface area (Å²) < 4.78 is 13.8. The molecule has 2 rings (SSSR count). The van der Waals surface area contributed by atoms with Gasteiger partial charge in [-0.3, -0.25) is 0 Å². The number of benzene rings is 1. The van der Waals surface area contributed by atoms with Crippen molar-refractivity contribution in [3.63, 3.8) is 0 Å². The Morgan fingerprint density at radius 1 is 1.60 bits per heavy atom. The molecule has 0 aromatic heterocycles. The monoisotopic (exact) mass is 227 g/mol. The van der Waals surface area contributed by atoms with Crippen LogP contribution in [0, 0.1) is 11.7 Å². The lowest BCUT2D eigenvalue weighted by molar-refractivity contribution is 0.539. The third-order valence-electron chi connectivity index (χ3n) is 3.58. The standard InChI is InChI=1S/C12H15ClFN/c1-2-8-6-12(8,7-15)9-4-3-5-10(13)11(9)14/h3-5,8H,2,6-7,15H2,1H3. The summed E-state index contributed by atoms with van der Waals surface area (Å²) in [6.07, 6.45) is 2.03. The van der Waals surface area contributed by atoms with E-state index < -0.39 is 0 Å². The highest BCUT2D eigenvalue weighted by atomic mass is 35.5. The van der Waals surface area contributed by atoms with Crippen LogP contribution in [0.25, 0.3) is 0 Å². The SMILES string of the molecule is CCC1CC1(CN)c1cccc(Cl)c1F. The van der Waals surface area contributed by atoms with Gasteiger partial charge in [0.25, 0.3) is 0 Å². The first-order valence-corrected chi connectivity index (χ1v) is 5.68. The first-order chi connectivity index (χ1) is 7.15. The molecule has 3 heteroatoms.